The third kappa shape index (κ3) is 5.31. The van der Waals surface area contributed by atoms with Crippen molar-refractivity contribution in [2.75, 3.05) is 25.0 Å². The Hall–Kier alpha value is -1.35. The average molecular weight is 370 g/mol. The molecule has 1 fully saturated rings. The minimum absolute atomic E-state index is 0.162. The summed E-state index contributed by atoms with van der Waals surface area (Å²) in [6.45, 7) is 12.7. The number of carbonyl (C=O) groups excluding carboxylic acids is 1. The van der Waals surface area contributed by atoms with Crippen LogP contribution in [0.3, 0.4) is 0 Å². The second-order valence-corrected chi connectivity index (χ2v) is 12.8. The van der Waals surface area contributed by atoms with E-state index in [4.69, 9.17) is 4.43 Å². The number of hydrogen-bond acceptors (Lipinski definition) is 5. The zero-order chi connectivity index (χ0) is 18.8. The molecule has 6 nitrogen and oxygen atoms in total. The fourth-order valence-electron chi connectivity index (χ4n) is 2.33. The van der Waals surface area contributed by atoms with Crippen LogP contribution in [0, 0.1) is 5.82 Å². The number of amides is 1. The van der Waals surface area contributed by atoms with Crippen LogP contribution in [0.1, 0.15) is 20.8 Å². The summed E-state index contributed by atoms with van der Waals surface area (Å²) in [5.41, 5.74) is 0. The number of nitrogens with zero attached hydrogens (tertiary/aromatic N) is 2. The third-order valence-corrected chi connectivity index (χ3v) is 9.44. The normalized spacial score (nSPS) is 17.9. The average Bonchev–Trinajstić information content (AvgIpc) is 2.45. The van der Waals surface area contributed by atoms with E-state index in [1.165, 1.54) is 12.1 Å². The maximum absolute atomic E-state index is 12.8. The highest BCUT2D eigenvalue weighted by atomic mass is 28.4. The predicted molar refractivity (Wildman–Crippen MR) is 97.3 cm³/mol. The number of aliphatic hydroxyl groups is 1. The van der Waals surface area contributed by atoms with Crippen LogP contribution in [0.2, 0.25) is 18.1 Å². The van der Waals surface area contributed by atoms with Crippen molar-refractivity contribution < 1.29 is 18.7 Å². The summed E-state index contributed by atoms with van der Waals surface area (Å²) in [7, 11) is -1.79. The topological polar surface area (TPSA) is 74.7 Å². The lowest BCUT2D eigenvalue weighted by atomic mass is 10.1. The molecular formula is C17H28FN3O3Si. The number of rotatable bonds is 6. The summed E-state index contributed by atoms with van der Waals surface area (Å²) < 4.78 is 19.1. The zero-order valence-electron chi connectivity index (χ0n) is 15.5. The van der Waals surface area contributed by atoms with Gasteiger partial charge in [-0.05, 0) is 30.3 Å². The minimum atomic E-state index is -1.79. The highest BCUT2D eigenvalue weighted by molar-refractivity contribution is 6.74. The van der Waals surface area contributed by atoms with Gasteiger partial charge in [0, 0.05) is 19.6 Å². The first kappa shape index (κ1) is 20.0. The Kier molecular flexibility index (Phi) is 5.98. The monoisotopic (exact) mass is 369 g/mol. The van der Waals surface area contributed by atoms with Gasteiger partial charge in [-0.25, -0.2) is 9.37 Å². The number of anilines is 1. The van der Waals surface area contributed by atoms with Gasteiger partial charge in [-0.15, -0.1) is 0 Å². The van der Waals surface area contributed by atoms with Crippen molar-refractivity contribution in [1.29, 1.82) is 0 Å². The van der Waals surface area contributed by atoms with E-state index in [2.05, 4.69) is 44.2 Å². The van der Waals surface area contributed by atoms with Crippen LogP contribution in [0.15, 0.2) is 18.3 Å². The fourth-order valence-corrected chi connectivity index (χ4v) is 3.66. The lowest BCUT2D eigenvalue weighted by Gasteiger charge is -2.46. The quantitative estimate of drug-likeness (QED) is 0.752. The molecule has 1 aliphatic heterocycles. The van der Waals surface area contributed by atoms with Crippen LogP contribution in [0.4, 0.5) is 10.2 Å². The number of hydrogen-bond donors (Lipinski definition) is 2. The van der Waals surface area contributed by atoms with Gasteiger partial charge in [0.1, 0.15) is 17.7 Å². The number of aliphatic hydroxyl groups excluding tert-OH is 1. The van der Waals surface area contributed by atoms with E-state index < -0.39 is 26.1 Å². The summed E-state index contributed by atoms with van der Waals surface area (Å²) in [4.78, 5) is 17.7. The van der Waals surface area contributed by atoms with Crippen molar-refractivity contribution in [3.05, 3.63) is 24.1 Å². The van der Waals surface area contributed by atoms with Gasteiger partial charge >= 0.3 is 0 Å². The molecule has 8 heteroatoms. The van der Waals surface area contributed by atoms with Crippen molar-refractivity contribution in [3.63, 3.8) is 0 Å². The molecular weight excluding hydrogens is 341 g/mol. The van der Waals surface area contributed by atoms with E-state index in [-0.39, 0.29) is 23.5 Å². The van der Waals surface area contributed by atoms with Crippen LogP contribution < -0.4 is 5.32 Å². The number of pyridine rings is 1. The van der Waals surface area contributed by atoms with Crippen LogP contribution in [0.25, 0.3) is 0 Å². The molecule has 0 bridgehead atoms. The van der Waals surface area contributed by atoms with E-state index in [1.54, 1.807) is 0 Å². The Morgan fingerprint density at radius 1 is 1.48 bits per heavy atom. The molecule has 25 heavy (non-hydrogen) atoms. The van der Waals surface area contributed by atoms with E-state index in [0.29, 0.717) is 13.1 Å². The van der Waals surface area contributed by atoms with Crippen LogP contribution >= 0.6 is 0 Å². The molecule has 1 aromatic heterocycles. The van der Waals surface area contributed by atoms with Crippen molar-refractivity contribution in [2.24, 2.45) is 0 Å². The van der Waals surface area contributed by atoms with Crippen molar-refractivity contribution >= 4 is 20.0 Å². The van der Waals surface area contributed by atoms with Gasteiger partial charge in [0.15, 0.2) is 8.32 Å². The summed E-state index contributed by atoms with van der Waals surface area (Å²) in [6, 6.07) is 2.56. The van der Waals surface area contributed by atoms with Crippen molar-refractivity contribution in [3.8, 4) is 0 Å². The van der Waals surface area contributed by atoms with Gasteiger partial charge in [0.2, 0.25) is 0 Å². The largest absolute Gasteiger partial charge is 0.411 e. The Bertz CT molecular complexity index is 598. The first-order valence-electron chi connectivity index (χ1n) is 8.48. The Labute approximate surface area is 149 Å². The van der Waals surface area contributed by atoms with Crippen LogP contribution in [-0.2, 0) is 9.22 Å². The molecule has 0 aromatic carbocycles. The van der Waals surface area contributed by atoms with E-state index in [0.717, 1.165) is 6.20 Å². The Morgan fingerprint density at radius 3 is 2.64 bits per heavy atom. The second-order valence-electron chi connectivity index (χ2n) is 8.09. The van der Waals surface area contributed by atoms with Crippen molar-refractivity contribution in [1.82, 2.24) is 9.88 Å². The molecule has 2 rings (SSSR count). The first-order chi connectivity index (χ1) is 11.5. The summed E-state index contributed by atoms with van der Waals surface area (Å²) >= 11 is 0. The maximum atomic E-state index is 12.8. The van der Waals surface area contributed by atoms with Gasteiger partial charge in [0.25, 0.3) is 5.91 Å². The molecule has 1 amide bonds. The molecule has 0 radical (unpaired) electrons. The summed E-state index contributed by atoms with van der Waals surface area (Å²) in [5.74, 6) is -0.812. The first-order valence-corrected chi connectivity index (χ1v) is 11.4. The number of nitrogens with one attached hydrogen (secondary N) is 1. The molecule has 1 saturated heterocycles. The molecule has 140 valence electrons. The fraction of sp³-hybridized carbons (Fsp3) is 0.647. The number of aromatic nitrogens is 1. The van der Waals surface area contributed by atoms with Crippen molar-refractivity contribution in [2.45, 2.75) is 51.1 Å². The highest BCUT2D eigenvalue weighted by Crippen LogP contribution is 2.38. The summed E-state index contributed by atoms with van der Waals surface area (Å²) in [6.07, 6.45) is 0.0100. The minimum Gasteiger partial charge on any atom is -0.411 e. The molecule has 0 unspecified atom stereocenters. The standard InChI is InChI=1S/C17H28FN3O3Si/c1-17(2,3)25(4,5)24-13-9-21(10-13)11-14(22)16(23)20-15-7-6-12(18)8-19-15/h6-8,13-14,22H,9-11H2,1-5H3,(H,19,20,23)/t14-/m0/s1. The third-order valence-electron chi connectivity index (χ3n) is 4.90. The molecule has 2 heterocycles. The van der Waals surface area contributed by atoms with Crippen LogP contribution in [-0.4, -0.2) is 61.1 Å². The molecule has 1 atom stereocenters. The van der Waals surface area contributed by atoms with E-state index >= 15 is 0 Å². The molecule has 0 saturated carbocycles. The summed E-state index contributed by atoms with van der Waals surface area (Å²) in [5, 5.41) is 12.7. The molecule has 0 aliphatic carbocycles. The van der Waals surface area contributed by atoms with Crippen LogP contribution in [0.5, 0.6) is 0 Å². The molecule has 0 spiro atoms. The van der Waals surface area contributed by atoms with Gasteiger partial charge in [0.05, 0.1) is 12.3 Å². The van der Waals surface area contributed by atoms with Gasteiger partial charge in [-0.2, -0.15) is 0 Å². The molecule has 1 aromatic rings. The molecule has 1 aliphatic rings. The maximum Gasteiger partial charge on any atom is 0.255 e. The van der Waals surface area contributed by atoms with Gasteiger partial charge in [-0.1, -0.05) is 20.8 Å². The number of carbonyl (C=O) groups is 1. The van der Waals surface area contributed by atoms with E-state index in [9.17, 15) is 14.3 Å². The number of likely N-dealkylation sites (tertiary alicyclic amines) is 1. The SMILES string of the molecule is CC(C)(C)[Si](C)(C)OC1CN(C[C@H](O)C(=O)Nc2ccc(F)cn2)C1. The number of β-amino-alcohol motifs (C(OH)–C–C–N with tert-alkyl or cyclic N) is 1. The second kappa shape index (κ2) is 7.49. The van der Waals surface area contributed by atoms with Gasteiger partial charge in [-0.3, -0.25) is 9.69 Å². The lowest BCUT2D eigenvalue weighted by Crippen LogP contribution is -2.59. The zero-order valence-corrected chi connectivity index (χ0v) is 16.5. The van der Waals surface area contributed by atoms with Gasteiger partial charge < -0.3 is 14.8 Å². The smallest absolute Gasteiger partial charge is 0.255 e. The van der Waals surface area contributed by atoms with E-state index in [1.807, 2.05) is 4.90 Å². The highest BCUT2D eigenvalue weighted by Gasteiger charge is 2.42. The lowest BCUT2D eigenvalue weighted by molar-refractivity contribution is -0.126. The molecule has 2 N–H and O–H groups in total. The Morgan fingerprint density at radius 2 is 2.12 bits per heavy atom. The predicted octanol–water partition coefficient (Wildman–Crippen LogP) is 2.23. The number of halogens is 1. The Balaban J connectivity index is 1.75.